The molecule has 0 fully saturated rings. The normalized spacial score (nSPS) is 23.0. The van der Waals surface area contributed by atoms with Crippen molar-refractivity contribution in [1.29, 1.82) is 0 Å². The number of rotatable bonds is 3. The molecule has 1 aliphatic heterocycles. The van der Waals surface area contributed by atoms with Gasteiger partial charge in [0.15, 0.2) is 5.69 Å². The van der Waals surface area contributed by atoms with E-state index in [1.165, 1.54) is 22.3 Å². The second kappa shape index (κ2) is 7.56. The Morgan fingerprint density at radius 1 is 1.03 bits per heavy atom. The van der Waals surface area contributed by atoms with Gasteiger partial charge in [-0.15, -0.1) is 12.4 Å². The third kappa shape index (κ3) is 2.88. The van der Waals surface area contributed by atoms with Crippen LogP contribution < -0.4 is 10.6 Å². The molecule has 30 heavy (non-hydrogen) atoms. The SMILES string of the molecule is Cl.O=C(NCC1CC2c3ccccc3C1c1ccccc12)c1n[nH]c2c1CNCC2. The van der Waals surface area contributed by atoms with Crippen LogP contribution in [0, 0.1) is 5.92 Å². The Balaban J connectivity index is 0.00000193. The number of fused-ring (bicyclic) bond motifs is 2. The standard InChI is InChI=1S/C24H24N4O.ClH/c29-24(23-20-13-25-10-9-21(20)27-28-23)26-12-14-11-19-15-5-1-3-7-17(15)22(14)18-8-4-2-6-16(18)19;/h1-8,14,19,22,25H,9-13H2,(H,26,29)(H,27,28);1H. The van der Waals surface area contributed by atoms with Crippen LogP contribution in [0.15, 0.2) is 48.5 Å². The van der Waals surface area contributed by atoms with E-state index in [0.29, 0.717) is 36.5 Å². The van der Waals surface area contributed by atoms with Gasteiger partial charge in [-0.25, -0.2) is 0 Å². The van der Waals surface area contributed by atoms with Gasteiger partial charge in [0, 0.05) is 49.1 Å². The van der Waals surface area contributed by atoms with E-state index in [2.05, 4.69) is 69.4 Å². The first-order valence-corrected chi connectivity index (χ1v) is 10.5. The number of carbonyl (C=O) groups is 1. The Hall–Kier alpha value is -2.63. The van der Waals surface area contributed by atoms with Gasteiger partial charge in [-0.3, -0.25) is 9.89 Å². The highest BCUT2D eigenvalue weighted by atomic mass is 35.5. The summed E-state index contributed by atoms with van der Waals surface area (Å²) in [6.07, 6.45) is 1.98. The molecule has 7 rings (SSSR count). The number of nitrogens with zero attached hydrogens (tertiary/aromatic N) is 1. The molecular formula is C24H25ClN4O. The summed E-state index contributed by atoms with van der Waals surface area (Å²) in [5.41, 5.74) is 8.46. The molecule has 1 amide bonds. The molecule has 3 N–H and O–H groups in total. The third-order valence-corrected chi connectivity index (χ3v) is 6.97. The van der Waals surface area contributed by atoms with E-state index in [9.17, 15) is 4.79 Å². The Bertz CT molecular complexity index is 1060. The molecule has 2 aromatic carbocycles. The molecule has 6 heteroatoms. The minimum Gasteiger partial charge on any atom is -0.350 e. The summed E-state index contributed by atoms with van der Waals surface area (Å²) in [5.74, 6) is 1.12. The molecule has 0 saturated carbocycles. The maximum Gasteiger partial charge on any atom is 0.272 e. The second-order valence-electron chi connectivity index (χ2n) is 8.45. The fourth-order valence-electron chi connectivity index (χ4n) is 5.68. The van der Waals surface area contributed by atoms with Crippen molar-refractivity contribution in [2.75, 3.05) is 13.1 Å². The van der Waals surface area contributed by atoms with E-state index in [-0.39, 0.29) is 18.3 Å². The highest BCUT2D eigenvalue weighted by molar-refractivity contribution is 5.94. The van der Waals surface area contributed by atoms with Crippen LogP contribution in [0.5, 0.6) is 0 Å². The minimum atomic E-state index is -0.0609. The first kappa shape index (κ1) is 19.3. The fourth-order valence-corrected chi connectivity index (χ4v) is 5.68. The summed E-state index contributed by atoms with van der Waals surface area (Å²) >= 11 is 0. The van der Waals surface area contributed by atoms with Crippen LogP contribution in [0.25, 0.3) is 0 Å². The first-order chi connectivity index (χ1) is 14.3. The van der Waals surface area contributed by atoms with Crippen LogP contribution in [-0.4, -0.2) is 29.2 Å². The third-order valence-electron chi connectivity index (χ3n) is 6.97. The van der Waals surface area contributed by atoms with Gasteiger partial charge >= 0.3 is 0 Å². The largest absolute Gasteiger partial charge is 0.350 e. The van der Waals surface area contributed by atoms with Crippen molar-refractivity contribution in [3.63, 3.8) is 0 Å². The monoisotopic (exact) mass is 420 g/mol. The molecule has 1 atom stereocenters. The van der Waals surface area contributed by atoms with Gasteiger partial charge in [0.1, 0.15) is 0 Å². The molecule has 2 bridgehead atoms. The Labute approximate surface area is 182 Å². The Morgan fingerprint density at radius 3 is 2.40 bits per heavy atom. The average molecular weight is 421 g/mol. The number of carbonyl (C=O) groups excluding carboxylic acids is 1. The highest BCUT2D eigenvalue weighted by Crippen LogP contribution is 2.55. The number of hydrogen-bond donors (Lipinski definition) is 3. The molecule has 5 nitrogen and oxygen atoms in total. The van der Waals surface area contributed by atoms with Crippen molar-refractivity contribution < 1.29 is 4.79 Å². The average Bonchev–Trinajstić information content (AvgIpc) is 3.22. The van der Waals surface area contributed by atoms with Gasteiger partial charge in [0.25, 0.3) is 5.91 Å². The molecule has 3 aliphatic carbocycles. The summed E-state index contributed by atoms with van der Waals surface area (Å²) in [5, 5.41) is 13.9. The quantitative estimate of drug-likeness (QED) is 0.607. The molecule has 2 heterocycles. The summed E-state index contributed by atoms with van der Waals surface area (Å²) < 4.78 is 0. The van der Waals surface area contributed by atoms with Crippen molar-refractivity contribution >= 4 is 18.3 Å². The predicted molar refractivity (Wildman–Crippen MR) is 118 cm³/mol. The fraction of sp³-hybridized carbons (Fsp3) is 0.333. The maximum absolute atomic E-state index is 12.9. The number of hydrogen-bond acceptors (Lipinski definition) is 3. The Morgan fingerprint density at radius 2 is 1.70 bits per heavy atom. The molecule has 1 aromatic heterocycles. The van der Waals surface area contributed by atoms with E-state index in [4.69, 9.17) is 0 Å². The smallest absolute Gasteiger partial charge is 0.272 e. The number of aromatic nitrogens is 2. The lowest BCUT2D eigenvalue weighted by molar-refractivity contribution is 0.0936. The van der Waals surface area contributed by atoms with Crippen LogP contribution >= 0.6 is 12.4 Å². The highest BCUT2D eigenvalue weighted by Gasteiger charge is 2.43. The number of nitrogens with one attached hydrogen (secondary N) is 3. The molecule has 154 valence electrons. The minimum absolute atomic E-state index is 0. The molecule has 0 radical (unpaired) electrons. The summed E-state index contributed by atoms with van der Waals surface area (Å²) in [7, 11) is 0. The van der Waals surface area contributed by atoms with Crippen LogP contribution in [0.2, 0.25) is 0 Å². The van der Waals surface area contributed by atoms with Gasteiger partial charge in [0.05, 0.1) is 0 Å². The Kier molecular flexibility index (Phi) is 4.88. The van der Waals surface area contributed by atoms with Crippen molar-refractivity contribution in [2.45, 2.75) is 31.2 Å². The van der Waals surface area contributed by atoms with Crippen molar-refractivity contribution in [3.8, 4) is 0 Å². The lowest BCUT2D eigenvalue weighted by Crippen LogP contribution is -2.39. The van der Waals surface area contributed by atoms with Crippen LogP contribution in [0.3, 0.4) is 0 Å². The van der Waals surface area contributed by atoms with Gasteiger partial charge in [-0.05, 0) is 34.6 Å². The van der Waals surface area contributed by atoms with Gasteiger partial charge in [-0.1, -0.05) is 48.5 Å². The summed E-state index contributed by atoms with van der Waals surface area (Å²) in [6.45, 7) is 2.32. The first-order valence-electron chi connectivity index (χ1n) is 10.5. The number of H-pyrrole nitrogens is 1. The van der Waals surface area contributed by atoms with Crippen molar-refractivity contribution in [1.82, 2.24) is 20.8 Å². The lowest BCUT2D eigenvalue weighted by atomic mass is 9.59. The molecule has 4 aliphatic rings. The zero-order chi connectivity index (χ0) is 19.4. The number of amides is 1. The predicted octanol–water partition coefficient (Wildman–Crippen LogP) is 3.50. The summed E-state index contributed by atoms with van der Waals surface area (Å²) in [6, 6.07) is 17.7. The molecular weight excluding hydrogens is 396 g/mol. The van der Waals surface area contributed by atoms with Gasteiger partial charge in [-0.2, -0.15) is 5.10 Å². The topological polar surface area (TPSA) is 69.8 Å². The number of halogens is 1. The molecule has 0 saturated heterocycles. The molecule has 0 spiro atoms. The van der Waals surface area contributed by atoms with Crippen LogP contribution in [-0.2, 0) is 13.0 Å². The maximum atomic E-state index is 12.9. The van der Waals surface area contributed by atoms with Crippen LogP contribution in [0.4, 0.5) is 0 Å². The lowest BCUT2D eigenvalue weighted by Gasteiger charge is -2.45. The molecule has 1 unspecified atom stereocenters. The van der Waals surface area contributed by atoms with E-state index in [1.54, 1.807) is 0 Å². The van der Waals surface area contributed by atoms with Gasteiger partial charge in [0.2, 0.25) is 0 Å². The van der Waals surface area contributed by atoms with Crippen LogP contribution in [0.1, 0.15) is 62.3 Å². The van der Waals surface area contributed by atoms with E-state index in [1.807, 2.05) is 0 Å². The zero-order valence-corrected chi connectivity index (χ0v) is 17.5. The zero-order valence-electron chi connectivity index (χ0n) is 16.7. The van der Waals surface area contributed by atoms with E-state index in [0.717, 1.165) is 30.6 Å². The van der Waals surface area contributed by atoms with Crippen molar-refractivity contribution in [3.05, 3.63) is 87.7 Å². The van der Waals surface area contributed by atoms with E-state index < -0.39 is 0 Å². The summed E-state index contributed by atoms with van der Waals surface area (Å²) in [4.78, 5) is 12.9. The molecule has 3 aromatic rings. The number of benzene rings is 2. The van der Waals surface area contributed by atoms with Gasteiger partial charge < -0.3 is 10.6 Å². The van der Waals surface area contributed by atoms with E-state index >= 15 is 0 Å². The second-order valence-corrected chi connectivity index (χ2v) is 8.45. The number of aromatic amines is 1. The van der Waals surface area contributed by atoms with Crippen molar-refractivity contribution in [2.24, 2.45) is 5.92 Å².